The molecule has 1 rings (SSSR count). The number of nitrogens with one attached hydrogen (secondary N) is 5. The van der Waals surface area contributed by atoms with E-state index in [4.69, 9.17) is 16.0 Å². The Morgan fingerprint density at radius 2 is 1.58 bits per heavy atom. The van der Waals surface area contributed by atoms with Crippen LogP contribution in [-0.2, 0) is 35.3 Å². The Balaban J connectivity index is 2.81. The number of ether oxygens (including phenoxy) is 1. The van der Waals surface area contributed by atoms with E-state index < -0.39 is 35.8 Å². The summed E-state index contributed by atoms with van der Waals surface area (Å²) in [5.74, 6) is -2.39. The molecule has 0 fully saturated rings. The average Bonchev–Trinajstić information content (AvgIpc) is 3.06. The Labute approximate surface area is 295 Å². The average molecular weight is 704 g/mol. The number of amides is 6. The predicted molar refractivity (Wildman–Crippen MR) is 188 cm³/mol. The number of benzene rings is 1. The van der Waals surface area contributed by atoms with E-state index in [1.165, 1.54) is 7.05 Å². The maximum atomic E-state index is 13.3. The molecular weight excluding hydrogens is 646 g/mol. The number of hydrogen-bond acceptors (Lipinski definition) is 9. The highest BCUT2D eigenvalue weighted by Crippen LogP contribution is 2.18. The van der Waals surface area contributed by atoms with Gasteiger partial charge in [0.15, 0.2) is 0 Å². The molecule has 3 atom stereocenters. The lowest BCUT2D eigenvalue weighted by Crippen LogP contribution is -2.55. The van der Waals surface area contributed by atoms with Crippen LogP contribution < -0.4 is 27.0 Å². The molecule has 0 aliphatic heterocycles. The van der Waals surface area contributed by atoms with Crippen LogP contribution in [0, 0.1) is 23.3 Å². The second-order valence-electron chi connectivity index (χ2n) is 13.0. The molecule has 0 saturated heterocycles. The summed E-state index contributed by atoms with van der Waals surface area (Å²) in [6.45, 7) is 9.84. The van der Waals surface area contributed by atoms with Crippen LogP contribution in [0.5, 0.6) is 0 Å². The molecule has 7 N–H and O–H groups in total. The summed E-state index contributed by atoms with van der Waals surface area (Å²) in [4.78, 5) is 76.6. The smallest absolute Gasteiger partial charge is 0.312 e. The third kappa shape index (κ3) is 16.6. The molecule has 1 aromatic carbocycles. The lowest BCUT2D eigenvalue weighted by molar-refractivity contribution is -0.150. The molecule has 0 spiro atoms. The van der Waals surface area contributed by atoms with Gasteiger partial charge in [-0.1, -0.05) is 58.4 Å². The Morgan fingerprint density at radius 1 is 0.920 bits per heavy atom. The van der Waals surface area contributed by atoms with E-state index in [0.29, 0.717) is 31.5 Å². The summed E-state index contributed by atoms with van der Waals surface area (Å²) < 4.78 is 5.58. The highest BCUT2D eigenvalue weighted by Gasteiger charge is 2.29. The van der Waals surface area contributed by atoms with E-state index in [9.17, 15) is 28.8 Å². The number of likely N-dealkylation sites (N-methyl/N-ethyl adjacent to an activating group) is 1. The first-order valence-corrected chi connectivity index (χ1v) is 17.1. The number of carbonyl (C=O) groups is 6. The Bertz CT molecular complexity index is 1270. The van der Waals surface area contributed by atoms with Gasteiger partial charge in [0.25, 0.3) is 0 Å². The first kappa shape index (κ1) is 43.3. The summed E-state index contributed by atoms with van der Waals surface area (Å²) in [5.41, 5.74) is 13.3. The molecule has 0 heterocycles. The van der Waals surface area contributed by atoms with Gasteiger partial charge in [0, 0.05) is 38.8 Å². The molecule has 1 aromatic rings. The van der Waals surface area contributed by atoms with E-state index in [1.807, 2.05) is 20.8 Å². The SMILES string of the molecule is CCC(CCCCN(C)C(=O)C(C)C)C(=O)OCc1ccc(NC(=O)[C@H](CCCNC(N)=O)NC(=O)[C@@H](NC(=O)CN(C)N=N)C(C)C)cc1. The van der Waals surface area contributed by atoms with Crippen molar-refractivity contribution in [2.75, 3.05) is 39.0 Å². The van der Waals surface area contributed by atoms with Crippen LogP contribution in [-0.4, -0.2) is 91.4 Å². The van der Waals surface area contributed by atoms with Gasteiger partial charge in [0.1, 0.15) is 25.2 Å². The van der Waals surface area contributed by atoms with Crippen molar-refractivity contribution in [3.63, 3.8) is 0 Å². The van der Waals surface area contributed by atoms with Crippen molar-refractivity contribution < 1.29 is 33.5 Å². The molecule has 0 saturated carbocycles. The number of unbranched alkanes of at least 4 members (excludes halogenated alkanes) is 1. The van der Waals surface area contributed by atoms with E-state index >= 15 is 0 Å². The van der Waals surface area contributed by atoms with E-state index in [2.05, 4.69) is 26.5 Å². The van der Waals surface area contributed by atoms with Crippen LogP contribution in [0.3, 0.4) is 0 Å². The minimum Gasteiger partial charge on any atom is -0.461 e. The lowest BCUT2D eigenvalue weighted by atomic mass is 9.99. The molecule has 0 aliphatic carbocycles. The van der Waals surface area contributed by atoms with Gasteiger partial charge in [-0.05, 0) is 55.7 Å². The second kappa shape index (κ2) is 22.8. The number of rotatable bonds is 23. The summed E-state index contributed by atoms with van der Waals surface area (Å²) in [5, 5.41) is 14.8. The largest absolute Gasteiger partial charge is 0.461 e. The van der Waals surface area contributed by atoms with Gasteiger partial charge in [-0.25, -0.2) is 4.79 Å². The molecule has 6 amide bonds. The topological polar surface area (TPSA) is 228 Å². The van der Waals surface area contributed by atoms with Crippen LogP contribution in [0.15, 0.2) is 29.5 Å². The minimum atomic E-state index is -1.01. The molecule has 280 valence electrons. The number of hydrogen-bond donors (Lipinski definition) is 6. The predicted octanol–water partition coefficient (Wildman–Crippen LogP) is 2.93. The van der Waals surface area contributed by atoms with Gasteiger partial charge in [-0.15, -0.1) is 0 Å². The van der Waals surface area contributed by atoms with E-state index in [1.54, 1.807) is 50.1 Å². The van der Waals surface area contributed by atoms with Crippen LogP contribution in [0.4, 0.5) is 10.5 Å². The fraction of sp³-hybridized carbons (Fsp3) is 0.647. The van der Waals surface area contributed by atoms with Crippen molar-refractivity contribution in [2.24, 2.45) is 28.7 Å². The fourth-order valence-corrected chi connectivity index (χ4v) is 5.01. The molecule has 0 radical (unpaired) electrons. The zero-order valence-electron chi connectivity index (χ0n) is 30.5. The monoisotopic (exact) mass is 703 g/mol. The zero-order chi connectivity index (χ0) is 37.8. The van der Waals surface area contributed by atoms with Gasteiger partial charge in [-0.3, -0.25) is 29.0 Å². The number of anilines is 1. The number of urea groups is 1. The van der Waals surface area contributed by atoms with Crippen LogP contribution in [0.2, 0.25) is 0 Å². The molecule has 0 aliphatic rings. The summed E-state index contributed by atoms with van der Waals surface area (Å²) in [6.07, 6.45) is 3.41. The van der Waals surface area contributed by atoms with Gasteiger partial charge < -0.3 is 36.6 Å². The van der Waals surface area contributed by atoms with Gasteiger partial charge >= 0.3 is 12.0 Å². The number of nitrogens with two attached hydrogens (primary N) is 1. The van der Waals surface area contributed by atoms with Gasteiger partial charge in [0.2, 0.25) is 23.6 Å². The van der Waals surface area contributed by atoms with Crippen molar-refractivity contribution in [1.82, 2.24) is 25.9 Å². The highest BCUT2D eigenvalue weighted by molar-refractivity contribution is 5.98. The Kier molecular flexibility index (Phi) is 19.7. The third-order valence-electron chi connectivity index (χ3n) is 8.01. The summed E-state index contributed by atoms with van der Waals surface area (Å²) >= 11 is 0. The first-order valence-electron chi connectivity index (χ1n) is 17.1. The lowest BCUT2D eigenvalue weighted by Gasteiger charge is -2.26. The normalized spacial score (nSPS) is 12.7. The fourth-order valence-electron chi connectivity index (χ4n) is 5.01. The zero-order valence-corrected chi connectivity index (χ0v) is 30.5. The standard InChI is InChI=1S/C34H57N9O7/c1-8-25(12-9-10-19-42(6)32(47)23(4)5)33(48)50-21-24-14-16-26(17-15-24)38-30(45)27(13-11-18-37-34(35)49)39-31(46)29(22(2)3)40-28(44)20-43(7)41-36/h14-17,22-23,25,27,29,36H,8-13,18-21H2,1-7H3,(H,38,45)(H,39,46)(H,40,44)(H3,35,37,49)/t25?,27-,29-/m0/s1. The van der Waals surface area contributed by atoms with Crippen molar-refractivity contribution >= 4 is 41.3 Å². The number of carbonyl (C=O) groups excluding carboxylic acids is 6. The van der Waals surface area contributed by atoms with Crippen LogP contribution in [0.1, 0.15) is 78.7 Å². The van der Waals surface area contributed by atoms with Crippen molar-refractivity contribution in [2.45, 2.75) is 91.8 Å². The van der Waals surface area contributed by atoms with Gasteiger partial charge in [-0.2, -0.15) is 5.53 Å². The van der Waals surface area contributed by atoms with Crippen LogP contribution in [0.25, 0.3) is 0 Å². The number of esters is 1. The summed E-state index contributed by atoms with van der Waals surface area (Å²) in [6, 6.07) is 4.08. The Hall–Kier alpha value is -4.76. The minimum absolute atomic E-state index is 0.0490. The van der Waals surface area contributed by atoms with Crippen molar-refractivity contribution in [1.29, 1.82) is 5.53 Å². The molecule has 16 nitrogen and oxygen atoms in total. The second-order valence-corrected chi connectivity index (χ2v) is 13.0. The maximum Gasteiger partial charge on any atom is 0.312 e. The number of primary amides is 1. The van der Waals surface area contributed by atoms with Crippen LogP contribution >= 0.6 is 0 Å². The van der Waals surface area contributed by atoms with Gasteiger partial charge in [0.05, 0.1) is 5.92 Å². The maximum absolute atomic E-state index is 13.3. The molecule has 16 heteroatoms. The molecule has 0 bridgehead atoms. The molecule has 1 unspecified atom stereocenters. The van der Waals surface area contributed by atoms with Crippen molar-refractivity contribution in [3.8, 4) is 0 Å². The summed E-state index contributed by atoms with van der Waals surface area (Å²) in [7, 11) is 3.24. The highest BCUT2D eigenvalue weighted by atomic mass is 16.5. The first-order chi connectivity index (χ1) is 23.6. The molecular formula is C34H57N9O7. The van der Waals surface area contributed by atoms with E-state index in [-0.39, 0.29) is 55.7 Å². The third-order valence-corrected chi connectivity index (χ3v) is 8.01. The number of nitrogens with zero attached hydrogens (tertiary/aromatic N) is 3. The molecule has 50 heavy (non-hydrogen) atoms. The Morgan fingerprint density at radius 3 is 2.14 bits per heavy atom. The van der Waals surface area contributed by atoms with Crippen molar-refractivity contribution in [3.05, 3.63) is 29.8 Å². The van der Waals surface area contributed by atoms with E-state index in [0.717, 1.165) is 23.4 Å². The quantitative estimate of drug-likeness (QED) is 0.0429. The molecule has 0 aromatic heterocycles.